The molecule has 0 aromatic carbocycles. The number of aromatic carboxylic acids is 1. The summed E-state index contributed by atoms with van der Waals surface area (Å²) in [6.07, 6.45) is 6.35. The summed E-state index contributed by atoms with van der Waals surface area (Å²) in [5.41, 5.74) is 1.18. The average Bonchev–Trinajstić information content (AvgIpc) is 2.69. The lowest BCUT2D eigenvalue weighted by molar-refractivity contribution is -0.0601. The number of nitrogens with zero attached hydrogens (tertiary/aromatic N) is 3. The molecule has 7 nitrogen and oxygen atoms in total. The van der Waals surface area contributed by atoms with Gasteiger partial charge in [-0.25, -0.2) is 9.78 Å². The maximum atomic E-state index is 11.2. The molecule has 0 amide bonds. The molecule has 3 fully saturated rings. The smallest absolute Gasteiger partial charge is 0.354 e. The van der Waals surface area contributed by atoms with Crippen molar-refractivity contribution in [3.05, 3.63) is 24.0 Å². The summed E-state index contributed by atoms with van der Waals surface area (Å²) in [7, 11) is 0. The summed E-state index contributed by atoms with van der Waals surface area (Å²) in [6.45, 7) is 5.26. The number of aliphatic hydroxyl groups is 1. The predicted octanol–water partition coefficient (Wildman–Crippen LogP) is 1.61. The van der Waals surface area contributed by atoms with Crippen LogP contribution in [-0.4, -0.2) is 77.6 Å². The molecular formula is C20H29N3O4. The molecule has 7 heteroatoms. The van der Waals surface area contributed by atoms with Crippen molar-refractivity contribution in [1.29, 1.82) is 0 Å². The summed E-state index contributed by atoms with van der Waals surface area (Å²) in [5, 5.41) is 19.7. The number of carboxylic acids is 1. The van der Waals surface area contributed by atoms with Gasteiger partial charge in [-0.2, -0.15) is 0 Å². The number of aromatic nitrogens is 1. The highest BCUT2D eigenvalue weighted by molar-refractivity contribution is 5.86. The van der Waals surface area contributed by atoms with E-state index in [2.05, 4.69) is 14.8 Å². The Labute approximate surface area is 159 Å². The number of rotatable bonds is 3. The molecule has 3 aliphatic rings. The molecule has 0 radical (unpaired) electrons. The Morgan fingerprint density at radius 2 is 2.00 bits per heavy atom. The molecule has 148 valence electrons. The van der Waals surface area contributed by atoms with Crippen molar-refractivity contribution in [2.24, 2.45) is 5.41 Å². The van der Waals surface area contributed by atoms with Crippen LogP contribution >= 0.6 is 0 Å². The number of carbonyl (C=O) groups is 1. The second-order valence-electron chi connectivity index (χ2n) is 8.32. The minimum Gasteiger partial charge on any atom is -0.477 e. The van der Waals surface area contributed by atoms with E-state index in [0.29, 0.717) is 6.04 Å². The Kier molecular flexibility index (Phi) is 5.34. The van der Waals surface area contributed by atoms with Crippen molar-refractivity contribution >= 4 is 11.7 Å². The first kappa shape index (κ1) is 18.7. The first-order valence-electron chi connectivity index (χ1n) is 9.99. The Balaban J connectivity index is 1.42. The molecule has 3 aliphatic heterocycles. The van der Waals surface area contributed by atoms with Crippen LogP contribution in [0.2, 0.25) is 0 Å². The van der Waals surface area contributed by atoms with Crippen LogP contribution in [0.15, 0.2) is 18.3 Å². The van der Waals surface area contributed by atoms with Crippen LogP contribution in [0.5, 0.6) is 0 Å². The molecular weight excluding hydrogens is 346 g/mol. The van der Waals surface area contributed by atoms with Gasteiger partial charge in [-0.3, -0.25) is 4.90 Å². The zero-order valence-electron chi connectivity index (χ0n) is 15.7. The Morgan fingerprint density at radius 1 is 1.26 bits per heavy atom. The van der Waals surface area contributed by atoms with Crippen LogP contribution in [0.3, 0.4) is 0 Å². The molecule has 4 rings (SSSR count). The average molecular weight is 375 g/mol. The maximum Gasteiger partial charge on any atom is 0.354 e. The fourth-order valence-corrected chi connectivity index (χ4v) is 5.06. The van der Waals surface area contributed by atoms with E-state index in [1.165, 1.54) is 0 Å². The van der Waals surface area contributed by atoms with Crippen LogP contribution in [0.1, 0.15) is 42.6 Å². The number of ether oxygens (including phenoxy) is 1. The molecule has 1 spiro atoms. The van der Waals surface area contributed by atoms with E-state index in [1.54, 1.807) is 12.3 Å². The van der Waals surface area contributed by atoms with Gasteiger partial charge in [0.15, 0.2) is 0 Å². The van der Waals surface area contributed by atoms with Crippen LogP contribution in [0.25, 0.3) is 0 Å². The lowest BCUT2D eigenvalue weighted by atomic mass is 9.71. The van der Waals surface area contributed by atoms with Gasteiger partial charge >= 0.3 is 5.97 Å². The highest BCUT2D eigenvalue weighted by Gasteiger charge is 2.43. The van der Waals surface area contributed by atoms with E-state index in [9.17, 15) is 9.90 Å². The Hall–Kier alpha value is -1.70. The first-order valence-corrected chi connectivity index (χ1v) is 9.99. The molecule has 1 aromatic rings. The third-order valence-corrected chi connectivity index (χ3v) is 6.51. The van der Waals surface area contributed by atoms with Gasteiger partial charge in [-0.1, -0.05) is 0 Å². The third kappa shape index (κ3) is 4.10. The molecule has 0 saturated carbocycles. The minimum atomic E-state index is -0.993. The van der Waals surface area contributed by atoms with Gasteiger partial charge in [0.1, 0.15) is 5.69 Å². The Bertz CT molecular complexity index is 669. The number of hydrogen-bond acceptors (Lipinski definition) is 6. The van der Waals surface area contributed by atoms with Crippen molar-refractivity contribution < 1.29 is 19.7 Å². The molecule has 0 bridgehead atoms. The first-order chi connectivity index (χ1) is 13.0. The number of likely N-dealkylation sites (tertiary alicyclic amines) is 1. The van der Waals surface area contributed by atoms with Crippen molar-refractivity contribution in [2.45, 2.75) is 44.2 Å². The second kappa shape index (κ2) is 7.73. The third-order valence-electron chi connectivity index (χ3n) is 6.51. The number of carboxylic acid groups (broad SMARTS) is 1. The van der Waals surface area contributed by atoms with E-state index in [4.69, 9.17) is 9.84 Å². The molecule has 2 N–H and O–H groups in total. The summed E-state index contributed by atoms with van der Waals surface area (Å²) < 4.78 is 5.50. The molecule has 1 unspecified atom stereocenters. The van der Waals surface area contributed by atoms with Crippen molar-refractivity contribution in [2.75, 3.05) is 44.3 Å². The monoisotopic (exact) mass is 375 g/mol. The predicted molar refractivity (Wildman–Crippen MR) is 101 cm³/mol. The fourth-order valence-electron chi connectivity index (χ4n) is 5.06. The standard InChI is InChI=1S/C20H29N3O4/c24-17-12-20(14-23(13-17)15-2-9-27-10-3-15)4-7-22(8-5-20)16-1-6-21-18(11-16)19(25)26/h1,6,11,15,17,24H,2-5,7-10,12-14H2,(H,25,26). The number of hydrogen-bond donors (Lipinski definition) is 2. The zero-order chi connectivity index (χ0) is 18.9. The van der Waals surface area contributed by atoms with Gasteiger partial charge in [0.25, 0.3) is 0 Å². The van der Waals surface area contributed by atoms with Gasteiger partial charge in [-0.05, 0) is 49.7 Å². The van der Waals surface area contributed by atoms with Crippen molar-refractivity contribution in [3.8, 4) is 0 Å². The molecule has 1 atom stereocenters. The fraction of sp³-hybridized carbons (Fsp3) is 0.700. The van der Waals surface area contributed by atoms with Crippen LogP contribution in [0, 0.1) is 5.41 Å². The van der Waals surface area contributed by atoms with Gasteiger partial charge < -0.3 is 19.8 Å². The van der Waals surface area contributed by atoms with Gasteiger partial charge in [0.05, 0.1) is 6.10 Å². The zero-order valence-corrected chi connectivity index (χ0v) is 15.7. The normalized spacial score (nSPS) is 27.0. The maximum absolute atomic E-state index is 11.2. The van der Waals surface area contributed by atoms with E-state index in [-0.39, 0.29) is 17.2 Å². The van der Waals surface area contributed by atoms with Gasteiger partial charge in [0, 0.05) is 57.3 Å². The number of aliphatic hydroxyl groups excluding tert-OH is 1. The van der Waals surface area contributed by atoms with Crippen molar-refractivity contribution in [3.63, 3.8) is 0 Å². The molecule has 1 aromatic heterocycles. The van der Waals surface area contributed by atoms with Gasteiger partial charge in [0.2, 0.25) is 0 Å². The SMILES string of the molecule is O=C(O)c1cc(N2CCC3(CC2)CC(O)CN(C2CCOCC2)C3)ccn1. The summed E-state index contributed by atoms with van der Waals surface area (Å²) >= 11 is 0. The highest BCUT2D eigenvalue weighted by Crippen LogP contribution is 2.42. The van der Waals surface area contributed by atoms with Crippen LogP contribution < -0.4 is 4.90 Å². The number of β-amino-alcohol motifs (C(OH)–C–C–N with tert-alkyl or cyclic N) is 1. The van der Waals surface area contributed by atoms with Gasteiger partial charge in [-0.15, -0.1) is 0 Å². The summed E-state index contributed by atoms with van der Waals surface area (Å²) in [6, 6.07) is 4.07. The molecule has 27 heavy (non-hydrogen) atoms. The molecule has 0 aliphatic carbocycles. The largest absolute Gasteiger partial charge is 0.477 e. The molecule has 3 saturated heterocycles. The summed E-state index contributed by atoms with van der Waals surface area (Å²) in [4.78, 5) is 19.8. The van der Waals surface area contributed by atoms with Crippen LogP contribution in [-0.2, 0) is 4.74 Å². The number of piperidine rings is 2. The quantitative estimate of drug-likeness (QED) is 0.830. The topological polar surface area (TPSA) is 86.1 Å². The number of anilines is 1. The minimum absolute atomic E-state index is 0.0894. The van der Waals surface area contributed by atoms with E-state index < -0.39 is 5.97 Å². The van der Waals surface area contributed by atoms with E-state index >= 15 is 0 Å². The van der Waals surface area contributed by atoms with E-state index in [0.717, 1.165) is 77.2 Å². The lowest BCUT2D eigenvalue weighted by Crippen LogP contribution is -2.57. The Morgan fingerprint density at radius 3 is 2.70 bits per heavy atom. The molecule has 4 heterocycles. The summed E-state index contributed by atoms with van der Waals surface area (Å²) in [5.74, 6) is -0.993. The van der Waals surface area contributed by atoms with Crippen molar-refractivity contribution in [1.82, 2.24) is 9.88 Å². The number of pyridine rings is 1. The van der Waals surface area contributed by atoms with E-state index in [1.807, 2.05) is 6.07 Å². The van der Waals surface area contributed by atoms with Crippen LogP contribution in [0.4, 0.5) is 5.69 Å². The highest BCUT2D eigenvalue weighted by atomic mass is 16.5. The lowest BCUT2D eigenvalue weighted by Gasteiger charge is -2.51. The second-order valence-corrected chi connectivity index (χ2v) is 8.32.